The Bertz CT molecular complexity index is 295. The smallest absolute Gasteiger partial charge is 0.0993 e. The molecular formula is C18H37ClN2O. The van der Waals surface area contributed by atoms with Crippen LogP contribution in [0.5, 0.6) is 0 Å². The van der Waals surface area contributed by atoms with Crippen LogP contribution in [0.2, 0.25) is 0 Å². The molecule has 1 N–H and O–H groups in total. The van der Waals surface area contributed by atoms with Gasteiger partial charge in [0.1, 0.15) is 0 Å². The first-order valence-electron chi connectivity index (χ1n) is 9.18. The van der Waals surface area contributed by atoms with Crippen molar-refractivity contribution < 1.29 is 5.11 Å². The number of halogens is 1. The molecule has 0 saturated heterocycles. The van der Waals surface area contributed by atoms with E-state index in [1.165, 1.54) is 57.2 Å². The van der Waals surface area contributed by atoms with Gasteiger partial charge in [0.15, 0.2) is 0 Å². The van der Waals surface area contributed by atoms with Crippen molar-refractivity contribution in [2.45, 2.75) is 97.1 Å². The normalized spacial score (nSPS) is 17.1. The summed E-state index contributed by atoms with van der Waals surface area (Å²) in [6, 6.07) is 0.250. The lowest BCUT2D eigenvalue weighted by Gasteiger charge is -2.32. The van der Waals surface area contributed by atoms with E-state index in [1.807, 2.05) is 6.92 Å². The highest BCUT2D eigenvalue weighted by atomic mass is 35.5. The van der Waals surface area contributed by atoms with Gasteiger partial charge in [0.05, 0.1) is 24.5 Å². The van der Waals surface area contributed by atoms with Gasteiger partial charge >= 0.3 is 0 Å². The number of amidine groups is 1. The molecule has 2 unspecified atom stereocenters. The molecule has 132 valence electrons. The Morgan fingerprint density at radius 3 is 2.18 bits per heavy atom. The van der Waals surface area contributed by atoms with Gasteiger partial charge in [-0.3, -0.25) is 4.99 Å². The molecule has 0 amide bonds. The van der Waals surface area contributed by atoms with Gasteiger partial charge in [-0.15, -0.1) is 12.4 Å². The third kappa shape index (κ3) is 7.82. The van der Waals surface area contributed by atoms with Crippen molar-refractivity contribution in [3.63, 3.8) is 0 Å². The SMILES string of the molecule is CCCCCCCCCCC1=NCCN1C(CC)C(C)O.Cl. The molecule has 1 heterocycles. The van der Waals surface area contributed by atoms with Gasteiger partial charge in [0.25, 0.3) is 0 Å². The van der Waals surface area contributed by atoms with E-state index in [0.29, 0.717) is 0 Å². The Morgan fingerprint density at radius 2 is 1.64 bits per heavy atom. The van der Waals surface area contributed by atoms with Gasteiger partial charge in [0, 0.05) is 13.0 Å². The lowest BCUT2D eigenvalue weighted by Crippen LogP contribution is -2.44. The number of hydrogen-bond acceptors (Lipinski definition) is 3. The van der Waals surface area contributed by atoms with Crippen molar-refractivity contribution in [1.82, 2.24) is 4.90 Å². The molecule has 0 saturated carbocycles. The molecule has 0 radical (unpaired) electrons. The summed E-state index contributed by atoms with van der Waals surface area (Å²) in [6.07, 6.45) is 12.7. The second kappa shape index (κ2) is 13.2. The maximum atomic E-state index is 9.91. The van der Waals surface area contributed by atoms with Crippen LogP contribution in [0.1, 0.15) is 85.0 Å². The second-order valence-corrected chi connectivity index (χ2v) is 6.43. The number of aliphatic hydroxyl groups excluding tert-OH is 1. The zero-order valence-corrected chi connectivity index (χ0v) is 15.7. The molecule has 3 nitrogen and oxygen atoms in total. The van der Waals surface area contributed by atoms with Crippen LogP contribution in [-0.4, -0.2) is 41.1 Å². The predicted molar refractivity (Wildman–Crippen MR) is 99.2 cm³/mol. The van der Waals surface area contributed by atoms with Crippen LogP contribution in [0, 0.1) is 0 Å². The molecule has 0 fully saturated rings. The molecular weight excluding hydrogens is 296 g/mol. The molecule has 0 spiro atoms. The van der Waals surface area contributed by atoms with Gasteiger partial charge in [-0.2, -0.15) is 0 Å². The van der Waals surface area contributed by atoms with E-state index >= 15 is 0 Å². The van der Waals surface area contributed by atoms with Crippen LogP contribution >= 0.6 is 12.4 Å². The van der Waals surface area contributed by atoms with Crippen LogP contribution in [0.15, 0.2) is 4.99 Å². The highest BCUT2D eigenvalue weighted by Gasteiger charge is 2.26. The maximum Gasteiger partial charge on any atom is 0.0993 e. The minimum atomic E-state index is -0.267. The summed E-state index contributed by atoms with van der Waals surface area (Å²) < 4.78 is 0. The molecule has 0 aromatic heterocycles. The fourth-order valence-corrected chi connectivity index (χ4v) is 3.33. The molecule has 1 aliphatic rings. The molecule has 4 heteroatoms. The number of rotatable bonds is 12. The van der Waals surface area contributed by atoms with Crippen molar-refractivity contribution >= 4 is 18.2 Å². The first kappa shape index (κ1) is 21.7. The van der Waals surface area contributed by atoms with Crippen molar-refractivity contribution in [3.05, 3.63) is 0 Å². The first-order valence-corrected chi connectivity index (χ1v) is 9.18. The van der Waals surface area contributed by atoms with Crippen molar-refractivity contribution in [2.75, 3.05) is 13.1 Å². The van der Waals surface area contributed by atoms with E-state index in [-0.39, 0.29) is 24.6 Å². The Hall–Kier alpha value is -0.280. The van der Waals surface area contributed by atoms with Gasteiger partial charge in [-0.25, -0.2) is 0 Å². The van der Waals surface area contributed by atoms with Crippen molar-refractivity contribution in [2.24, 2.45) is 4.99 Å². The predicted octanol–water partition coefficient (Wildman–Crippen LogP) is 4.81. The third-order valence-corrected chi connectivity index (χ3v) is 4.60. The van der Waals surface area contributed by atoms with Gasteiger partial charge in [0.2, 0.25) is 0 Å². The van der Waals surface area contributed by atoms with Crippen LogP contribution in [-0.2, 0) is 0 Å². The Balaban J connectivity index is 0.00000441. The summed E-state index contributed by atoms with van der Waals surface area (Å²) in [6.45, 7) is 8.24. The van der Waals surface area contributed by atoms with Gasteiger partial charge < -0.3 is 10.0 Å². The maximum absolute atomic E-state index is 9.91. The monoisotopic (exact) mass is 332 g/mol. The van der Waals surface area contributed by atoms with E-state index in [2.05, 4.69) is 23.7 Å². The number of aliphatic imine (C=N–C) groups is 1. The molecule has 1 aliphatic heterocycles. The van der Waals surface area contributed by atoms with E-state index in [9.17, 15) is 5.11 Å². The Kier molecular flexibility index (Phi) is 13.0. The quantitative estimate of drug-likeness (QED) is 0.520. The minimum Gasteiger partial charge on any atom is -0.391 e. The highest BCUT2D eigenvalue weighted by Crippen LogP contribution is 2.18. The Labute approximate surface area is 144 Å². The van der Waals surface area contributed by atoms with Crippen LogP contribution in [0.25, 0.3) is 0 Å². The average Bonchev–Trinajstić information content (AvgIpc) is 2.90. The average molecular weight is 333 g/mol. The topological polar surface area (TPSA) is 35.8 Å². The summed E-state index contributed by atoms with van der Waals surface area (Å²) in [5.41, 5.74) is 0. The van der Waals surface area contributed by atoms with Crippen LogP contribution in [0.4, 0.5) is 0 Å². The molecule has 0 bridgehead atoms. The summed E-state index contributed by atoms with van der Waals surface area (Å²) in [4.78, 5) is 7.01. The lowest BCUT2D eigenvalue weighted by atomic mass is 10.0. The number of nitrogens with zero attached hydrogens (tertiary/aromatic N) is 2. The van der Waals surface area contributed by atoms with Crippen molar-refractivity contribution in [3.8, 4) is 0 Å². The lowest BCUT2D eigenvalue weighted by molar-refractivity contribution is 0.100. The molecule has 2 atom stereocenters. The number of unbranched alkanes of at least 4 members (excludes halogenated alkanes) is 7. The van der Waals surface area contributed by atoms with Crippen LogP contribution in [0.3, 0.4) is 0 Å². The van der Waals surface area contributed by atoms with E-state index in [0.717, 1.165) is 25.9 Å². The summed E-state index contributed by atoms with van der Waals surface area (Å²) >= 11 is 0. The third-order valence-electron chi connectivity index (χ3n) is 4.60. The number of hydrogen-bond donors (Lipinski definition) is 1. The summed E-state index contributed by atoms with van der Waals surface area (Å²) in [5.74, 6) is 1.24. The van der Waals surface area contributed by atoms with Crippen LogP contribution < -0.4 is 0 Å². The fourth-order valence-electron chi connectivity index (χ4n) is 3.33. The Morgan fingerprint density at radius 1 is 1.05 bits per heavy atom. The first-order chi connectivity index (χ1) is 10.2. The molecule has 22 heavy (non-hydrogen) atoms. The van der Waals surface area contributed by atoms with Gasteiger partial charge in [-0.05, 0) is 19.8 Å². The summed E-state index contributed by atoms with van der Waals surface area (Å²) in [5, 5.41) is 9.91. The molecule has 1 rings (SSSR count). The highest BCUT2D eigenvalue weighted by molar-refractivity contribution is 5.85. The molecule has 0 aromatic carbocycles. The molecule has 0 aromatic rings. The largest absolute Gasteiger partial charge is 0.391 e. The zero-order valence-electron chi connectivity index (χ0n) is 14.9. The van der Waals surface area contributed by atoms with Crippen molar-refractivity contribution in [1.29, 1.82) is 0 Å². The van der Waals surface area contributed by atoms with E-state index in [1.54, 1.807) is 0 Å². The van der Waals surface area contributed by atoms with Gasteiger partial charge in [-0.1, -0.05) is 58.8 Å². The number of aliphatic hydroxyl groups is 1. The van der Waals surface area contributed by atoms with E-state index in [4.69, 9.17) is 0 Å². The van der Waals surface area contributed by atoms with E-state index < -0.39 is 0 Å². The second-order valence-electron chi connectivity index (χ2n) is 6.43. The fraction of sp³-hybridized carbons (Fsp3) is 0.944. The molecule has 0 aliphatic carbocycles. The minimum absolute atomic E-state index is 0. The summed E-state index contributed by atoms with van der Waals surface area (Å²) in [7, 11) is 0. The zero-order chi connectivity index (χ0) is 15.5. The standard InChI is InChI=1S/C18H36N2O.ClH/c1-4-6-7-8-9-10-11-12-13-18-19-14-15-20(18)17(5-2)16(3)21;/h16-17,21H,4-15H2,1-3H3;1H.